The minimum atomic E-state index is -0.883. The van der Waals surface area contributed by atoms with Crippen LogP contribution in [0.25, 0.3) is 0 Å². The number of carbonyl (C=O) groups excluding carboxylic acids is 2. The number of hydrogen-bond acceptors (Lipinski definition) is 3. The van der Waals surface area contributed by atoms with Crippen LogP contribution in [0.2, 0.25) is 0 Å². The number of nitrogens with one attached hydrogen (secondary N) is 1. The van der Waals surface area contributed by atoms with Crippen molar-refractivity contribution in [2.75, 3.05) is 19.7 Å². The van der Waals surface area contributed by atoms with Crippen LogP contribution in [0.5, 0.6) is 0 Å². The van der Waals surface area contributed by atoms with E-state index in [-0.39, 0.29) is 17.7 Å². The lowest BCUT2D eigenvalue weighted by Crippen LogP contribution is -2.51. The molecule has 5 nitrogen and oxygen atoms in total. The molecule has 0 aromatic heterocycles. The van der Waals surface area contributed by atoms with Crippen LogP contribution in [-0.2, 0) is 9.59 Å². The van der Waals surface area contributed by atoms with Gasteiger partial charge in [-0.1, -0.05) is 44.2 Å². The number of rotatable bonds is 9. The smallest absolute Gasteiger partial charge is 0.247 e. The Morgan fingerprint density at radius 1 is 1.13 bits per heavy atom. The van der Waals surface area contributed by atoms with Crippen molar-refractivity contribution in [2.45, 2.75) is 45.6 Å². The molecule has 0 heterocycles. The predicted molar refractivity (Wildman–Crippen MR) is 91.0 cm³/mol. The first-order valence-corrected chi connectivity index (χ1v) is 8.30. The summed E-state index contributed by atoms with van der Waals surface area (Å²) in [5.41, 5.74) is 0.883. The van der Waals surface area contributed by atoms with Crippen LogP contribution in [0.1, 0.15) is 45.1 Å². The van der Waals surface area contributed by atoms with Gasteiger partial charge >= 0.3 is 0 Å². The number of aliphatic hydroxyl groups excluding tert-OH is 1. The lowest BCUT2D eigenvalue weighted by molar-refractivity contribution is -0.138. The molecule has 0 aliphatic carbocycles. The quantitative estimate of drug-likeness (QED) is 0.730. The lowest BCUT2D eigenvalue weighted by atomic mass is 10.00. The fraction of sp³-hybridized carbons (Fsp3) is 0.556. The molecule has 1 aromatic rings. The van der Waals surface area contributed by atoms with Crippen LogP contribution in [-0.4, -0.2) is 47.6 Å². The Kier molecular flexibility index (Phi) is 8.33. The van der Waals surface area contributed by atoms with E-state index in [0.717, 1.165) is 18.4 Å². The summed E-state index contributed by atoms with van der Waals surface area (Å²) in [5, 5.41) is 12.2. The Morgan fingerprint density at radius 3 is 2.17 bits per heavy atom. The van der Waals surface area contributed by atoms with E-state index in [4.69, 9.17) is 0 Å². The molecule has 0 aliphatic heterocycles. The molecule has 0 fully saturated rings. The van der Waals surface area contributed by atoms with Crippen molar-refractivity contribution in [1.29, 1.82) is 0 Å². The molecule has 5 heteroatoms. The zero-order valence-electron chi connectivity index (χ0n) is 14.3. The zero-order valence-corrected chi connectivity index (χ0v) is 14.3. The van der Waals surface area contributed by atoms with Gasteiger partial charge in [-0.25, -0.2) is 0 Å². The van der Waals surface area contributed by atoms with Crippen LogP contribution in [0.15, 0.2) is 30.3 Å². The van der Waals surface area contributed by atoms with Gasteiger partial charge in [0.2, 0.25) is 11.8 Å². The van der Waals surface area contributed by atoms with Gasteiger partial charge in [0.25, 0.3) is 0 Å². The molecule has 23 heavy (non-hydrogen) atoms. The van der Waals surface area contributed by atoms with Crippen molar-refractivity contribution < 1.29 is 14.7 Å². The first-order chi connectivity index (χ1) is 11.0. The molecule has 0 saturated heterocycles. The van der Waals surface area contributed by atoms with E-state index in [2.05, 4.69) is 5.32 Å². The Hall–Kier alpha value is -1.88. The maximum absolute atomic E-state index is 12.5. The minimum Gasteiger partial charge on any atom is -0.394 e. The van der Waals surface area contributed by atoms with Gasteiger partial charge in [-0.2, -0.15) is 0 Å². The molecule has 1 rings (SSSR count). The number of amides is 2. The van der Waals surface area contributed by atoms with Gasteiger partial charge in [-0.05, 0) is 25.3 Å². The summed E-state index contributed by atoms with van der Waals surface area (Å²) in [4.78, 5) is 26.6. The van der Waals surface area contributed by atoms with Crippen molar-refractivity contribution >= 4 is 11.8 Å². The fourth-order valence-corrected chi connectivity index (χ4v) is 2.47. The molecule has 2 N–H and O–H groups in total. The summed E-state index contributed by atoms with van der Waals surface area (Å²) >= 11 is 0. The van der Waals surface area contributed by atoms with Crippen LogP contribution < -0.4 is 5.32 Å². The number of carbonyl (C=O) groups is 2. The van der Waals surface area contributed by atoms with Gasteiger partial charge < -0.3 is 15.3 Å². The SMILES string of the molecule is CCCN(CCC)C(=O)[C@H](CO)NC(=O)C(C)c1ccccc1. The summed E-state index contributed by atoms with van der Waals surface area (Å²) in [6.07, 6.45) is 1.69. The maximum Gasteiger partial charge on any atom is 0.247 e. The van der Waals surface area contributed by atoms with Crippen LogP contribution in [0.4, 0.5) is 0 Å². The summed E-state index contributed by atoms with van der Waals surface area (Å²) in [6.45, 7) is 6.66. The van der Waals surface area contributed by atoms with E-state index in [1.807, 2.05) is 44.2 Å². The second-order valence-electron chi connectivity index (χ2n) is 5.70. The highest BCUT2D eigenvalue weighted by atomic mass is 16.3. The Bertz CT molecular complexity index is 484. The van der Waals surface area contributed by atoms with E-state index in [9.17, 15) is 14.7 Å². The molecule has 0 bridgehead atoms. The molecule has 128 valence electrons. The summed E-state index contributed by atoms with van der Waals surface area (Å²) in [6, 6.07) is 8.50. The third kappa shape index (κ3) is 5.67. The molecule has 0 aliphatic rings. The molecular weight excluding hydrogens is 292 g/mol. The van der Waals surface area contributed by atoms with Crippen LogP contribution >= 0.6 is 0 Å². The zero-order chi connectivity index (χ0) is 17.2. The van der Waals surface area contributed by atoms with Crippen molar-refractivity contribution in [3.05, 3.63) is 35.9 Å². The highest BCUT2D eigenvalue weighted by Crippen LogP contribution is 2.14. The lowest BCUT2D eigenvalue weighted by Gasteiger charge is -2.27. The average Bonchev–Trinajstić information content (AvgIpc) is 2.58. The Balaban J connectivity index is 2.74. The number of nitrogens with zero attached hydrogens (tertiary/aromatic N) is 1. The first kappa shape index (κ1) is 19.2. The van der Waals surface area contributed by atoms with E-state index in [1.165, 1.54) is 0 Å². The maximum atomic E-state index is 12.5. The molecule has 1 unspecified atom stereocenters. The van der Waals surface area contributed by atoms with Gasteiger partial charge in [0, 0.05) is 13.1 Å². The number of benzene rings is 1. The highest BCUT2D eigenvalue weighted by molar-refractivity contribution is 5.90. The Morgan fingerprint density at radius 2 is 1.70 bits per heavy atom. The largest absolute Gasteiger partial charge is 0.394 e. The summed E-state index contributed by atoms with van der Waals surface area (Å²) in [5.74, 6) is -0.842. The van der Waals surface area contributed by atoms with Gasteiger partial charge in [0.1, 0.15) is 6.04 Å². The second kappa shape index (κ2) is 10.0. The highest BCUT2D eigenvalue weighted by Gasteiger charge is 2.26. The van der Waals surface area contributed by atoms with Crippen molar-refractivity contribution in [3.63, 3.8) is 0 Å². The second-order valence-corrected chi connectivity index (χ2v) is 5.70. The minimum absolute atomic E-state index is 0.218. The van der Waals surface area contributed by atoms with Crippen molar-refractivity contribution in [3.8, 4) is 0 Å². The number of hydrogen-bond donors (Lipinski definition) is 2. The Labute approximate surface area is 138 Å². The van der Waals surface area contributed by atoms with Crippen molar-refractivity contribution in [1.82, 2.24) is 10.2 Å². The topological polar surface area (TPSA) is 69.6 Å². The first-order valence-electron chi connectivity index (χ1n) is 8.30. The number of aliphatic hydroxyl groups is 1. The van der Waals surface area contributed by atoms with E-state index < -0.39 is 12.6 Å². The summed E-state index contributed by atoms with van der Waals surface area (Å²) < 4.78 is 0. The average molecular weight is 320 g/mol. The third-order valence-electron chi connectivity index (χ3n) is 3.79. The molecule has 1 aromatic carbocycles. The molecular formula is C18H28N2O3. The van der Waals surface area contributed by atoms with Gasteiger partial charge in [-0.3, -0.25) is 9.59 Å². The molecule has 2 amide bonds. The van der Waals surface area contributed by atoms with Gasteiger partial charge in [-0.15, -0.1) is 0 Å². The van der Waals surface area contributed by atoms with E-state index >= 15 is 0 Å². The normalized spacial score (nSPS) is 13.2. The molecule has 0 radical (unpaired) electrons. The van der Waals surface area contributed by atoms with E-state index in [1.54, 1.807) is 11.8 Å². The van der Waals surface area contributed by atoms with Gasteiger partial charge in [0.15, 0.2) is 0 Å². The van der Waals surface area contributed by atoms with Crippen LogP contribution in [0.3, 0.4) is 0 Å². The van der Waals surface area contributed by atoms with Crippen molar-refractivity contribution in [2.24, 2.45) is 0 Å². The van der Waals surface area contributed by atoms with Crippen LogP contribution in [0, 0.1) is 0 Å². The summed E-state index contributed by atoms with van der Waals surface area (Å²) in [7, 11) is 0. The van der Waals surface area contributed by atoms with E-state index in [0.29, 0.717) is 13.1 Å². The van der Waals surface area contributed by atoms with Gasteiger partial charge in [0.05, 0.1) is 12.5 Å². The molecule has 0 spiro atoms. The molecule has 2 atom stereocenters. The molecule has 0 saturated carbocycles. The third-order valence-corrected chi connectivity index (χ3v) is 3.79. The standard InChI is InChI=1S/C18H28N2O3/c1-4-11-20(12-5-2)18(23)16(13-21)19-17(22)14(3)15-9-7-6-8-10-15/h6-10,14,16,21H,4-5,11-13H2,1-3H3,(H,19,22)/t14?,16-/m0/s1. The predicted octanol–water partition coefficient (Wildman–Crippen LogP) is 1.92. The monoisotopic (exact) mass is 320 g/mol. The fourth-order valence-electron chi connectivity index (χ4n) is 2.47.